The number of Topliss-reactive ketones (excluding diaryl/α,β-unsaturated/α-hetero) is 1. The topological polar surface area (TPSA) is 139 Å². The number of rotatable bonds is 4. The van der Waals surface area contributed by atoms with Crippen molar-refractivity contribution in [3.63, 3.8) is 0 Å². The van der Waals surface area contributed by atoms with E-state index < -0.39 is 36.5 Å². The Morgan fingerprint density at radius 1 is 1.52 bits per heavy atom. The summed E-state index contributed by atoms with van der Waals surface area (Å²) in [6.45, 7) is 2.66. The average Bonchev–Trinajstić information content (AvgIpc) is 3.10. The Balaban J connectivity index is 2.03. The van der Waals surface area contributed by atoms with Crippen LogP contribution in [0.15, 0.2) is 11.1 Å². The maximum atomic E-state index is 13.8. The van der Waals surface area contributed by atoms with Crippen molar-refractivity contribution in [2.24, 2.45) is 5.92 Å². The van der Waals surface area contributed by atoms with Gasteiger partial charge in [-0.25, -0.2) is 9.37 Å². The summed E-state index contributed by atoms with van der Waals surface area (Å²) >= 11 is 0. The molecule has 0 radical (unpaired) electrons. The Morgan fingerprint density at radius 3 is 2.84 bits per heavy atom. The van der Waals surface area contributed by atoms with Crippen LogP contribution >= 0.6 is 0 Å². The van der Waals surface area contributed by atoms with E-state index in [1.54, 1.807) is 13.8 Å². The standard InChI is InChI=1S/C14H16FN5O5/c1-5(2)11(23)18-14-17-10-8(12(24)19-14)16-4-20(10)13-9(22)7(15)6(3-21)25-13/h4-7,13,21H,3H2,1-2H3,(H2,17,18,19,23,24)/t6-,7-,13-/m1/s1. The Kier molecular flexibility index (Phi) is 4.35. The van der Waals surface area contributed by atoms with Gasteiger partial charge in [-0.05, 0) is 0 Å². The number of carbonyl (C=O) groups is 2. The first-order valence-electron chi connectivity index (χ1n) is 7.55. The third-order valence-corrected chi connectivity index (χ3v) is 3.78. The van der Waals surface area contributed by atoms with Gasteiger partial charge in [0.1, 0.15) is 6.10 Å². The van der Waals surface area contributed by atoms with E-state index in [1.165, 1.54) is 0 Å². The van der Waals surface area contributed by atoms with Crippen molar-refractivity contribution in [2.75, 3.05) is 11.9 Å². The van der Waals surface area contributed by atoms with Gasteiger partial charge in [0.2, 0.25) is 17.6 Å². The van der Waals surface area contributed by atoms with Crippen LogP contribution in [0, 0.1) is 5.92 Å². The zero-order valence-electron chi connectivity index (χ0n) is 13.4. The van der Waals surface area contributed by atoms with Crippen LogP contribution < -0.4 is 10.9 Å². The Labute approximate surface area is 140 Å². The van der Waals surface area contributed by atoms with Crippen LogP contribution in [-0.2, 0) is 14.3 Å². The first-order valence-corrected chi connectivity index (χ1v) is 7.55. The number of anilines is 1. The number of hydrogen-bond donors (Lipinski definition) is 3. The molecule has 3 heterocycles. The number of carbonyl (C=O) groups excluding carboxylic acids is 2. The number of H-pyrrole nitrogens is 1. The van der Waals surface area contributed by atoms with E-state index in [-0.39, 0.29) is 28.9 Å². The highest BCUT2D eigenvalue weighted by Gasteiger charge is 2.45. The predicted molar refractivity (Wildman–Crippen MR) is 82.5 cm³/mol. The number of imidazole rings is 1. The lowest BCUT2D eigenvalue weighted by Crippen LogP contribution is -2.25. The molecule has 3 rings (SSSR count). The third kappa shape index (κ3) is 2.91. The summed E-state index contributed by atoms with van der Waals surface area (Å²) in [6.07, 6.45) is -3.57. The average molecular weight is 353 g/mol. The molecule has 0 aliphatic carbocycles. The van der Waals surface area contributed by atoms with Crippen molar-refractivity contribution in [2.45, 2.75) is 32.4 Å². The minimum Gasteiger partial charge on any atom is -0.394 e. The smallest absolute Gasteiger partial charge is 0.280 e. The lowest BCUT2D eigenvalue weighted by Gasteiger charge is -2.12. The van der Waals surface area contributed by atoms with Gasteiger partial charge in [-0.2, -0.15) is 4.98 Å². The second-order valence-corrected chi connectivity index (χ2v) is 5.90. The number of amides is 1. The third-order valence-electron chi connectivity index (χ3n) is 3.78. The number of ketones is 1. The molecule has 10 nitrogen and oxygen atoms in total. The Hall–Kier alpha value is -2.66. The van der Waals surface area contributed by atoms with Crippen LogP contribution in [-0.4, -0.2) is 55.2 Å². The van der Waals surface area contributed by atoms with Gasteiger partial charge in [-0.1, -0.05) is 13.8 Å². The molecule has 11 heteroatoms. The molecular weight excluding hydrogens is 337 g/mol. The molecule has 0 unspecified atom stereocenters. The number of halogens is 1. The van der Waals surface area contributed by atoms with E-state index in [4.69, 9.17) is 9.84 Å². The maximum absolute atomic E-state index is 13.8. The zero-order valence-corrected chi connectivity index (χ0v) is 13.4. The quantitative estimate of drug-likeness (QED) is 0.674. The van der Waals surface area contributed by atoms with Crippen LogP contribution in [0.3, 0.4) is 0 Å². The number of nitrogens with one attached hydrogen (secondary N) is 2. The molecule has 25 heavy (non-hydrogen) atoms. The molecule has 0 bridgehead atoms. The van der Waals surface area contributed by atoms with Gasteiger partial charge in [0.15, 0.2) is 23.6 Å². The number of aliphatic hydroxyl groups is 1. The van der Waals surface area contributed by atoms with Gasteiger partial charge in [-0.15, -0.1) is 0 Å². The molecule has 1 saturated heterocycles. The van der Waals surface area contributed by atoms with E-state index >= 15 is 0 Å². The highest BCUT2D eigenvalue weighted by Crippen LogP contribution is 2.29. The fourth-order valence-electron chi connectivity index (χ4n) is 2.38. The van der Waals surface area contributed by atoms with Crippen molar-refractivity contribution in [1.82, 2.24) is 19.5 Å². The highest BCUT2D eigenvalue weighted by atomic mass is 19.1. The molecule has 134 valence electrons. The molecule has 0 saturated carbocycles. The van der Waals surface area contributed by atoms with E-state index in [0.717, 1.165) is 10.9 Å². The number of hydrogen-bond acceptors (Lipinski definition) is 7. The molecule has 0 spiro atoms. The first kappa shape index (κ1) is 17.2. The van der Waals surface area contributed by atoms with Gasteiger partial charge < -0.3 is 9.84 Å². The molecule has 1 aliphatic heterocycles. The van der Waals surface area contributed by atoms with Crippen LogP contribution in [0.25, 0.3) is 11.2 Å². The second-order valence-electron chi connectivity index (χ2n) is 5.90. The summed E-state index contributed by atoms with van der Waals surface area (Å²) in [5.41, 5.74) is -0.780. The summed E-state index contributed by atoms with van der Waals surface area (Å²) in [6, 6.07) is 0. The van der Waals surface area contributed by atoms with Crippen molar-refractivity contribution in [3.05, 3.63) is 16.7 Å². The molecule has 1 aliphatic rings. The fraction of sp³-hybridized carbons (Fsp3) is 0.500. The van der Waals surface area contributed by atoms with Crippen LogP contribution in [0.2, 0.25) is 0 Å². The maximum Gasteiger partial charge on any atom is 0.280 e. The van der Waals surface area contributed by atoms with E-state index in [1.807, 2.05) is 0 Å². The van der Waals surface area contributed by atoms with Gasteiger partial charge in [0.25, 0.3) is 5.56 Å². The largest absolute Gasteiger partial charge is 0.394 e. The monoisotopic (exact) mass is 353 g/mol. The Bertz CT molecular complexity index is 891. The summed E-state index contributed by atoms with van der Waals surface area (Å²) < 4.78 is 20.1. The van der Waals surface area contributed by atoms with Crippen LogP contribution in [0.5, 0.6) is 0 Å². The van der Waals surface area contributed by atoms with Crippen LogP contribution in [0.4, 0.5) is 10.3 Å². The van der Waals surface area contributed by atoms with E-state index in [2.05, 4.69) is 20.3 Å². The van der Waals surface area contributed by atoms with Gasteiger partial charge >= 0.3 is 0 Å². The molecule has 2 aromatic heterocycles. The SMILES string of the molecule is CC(C)C(=O)Nc1nc2c(ncn2[C@@H]2O[C@H](CO)[C@@H](F)C2=O)c(=O)[nH]1. The molecule has 0 aromatic carbocycles. The van der Waals surface area contributed by atoms with E-state index in [0.29, 0.717) is 0 Å². The number of fused-ring (bicyclic) bond motifs is 1. The minimum absolute atomic E-state index is 0.0491. The number of nitrogens with zero attached hydrogens (tertiary/aromatic N) is 3. The fourth-order valence-corrected chi connectivity index (χ4v) is 2.38. The number of aliphatic hydroxyl groups excluding tert-OH is 1. The van der Waals surface area contributed by atoms with Crippen molar-refractivity contribution in [3.8, 4) is 0 Å². The molecular formula is C14H16FN5O5. The molecule has 1 fully saturated rings. The Morgan fingerprint density at radius 2 is 2.24 bits per heavy atom. The van der Waals surface area contributed by atoms with Crippen molar-refractivity contribution < 1.29 is 23.8 Å². The van der Waals surface area contributed by atoms with Gasteiger partial charge in [0.05, 0.1) is 12.9 Å². The number of ether oxygens (including phenoxy) is 1. The van der Waals surface area contributed by atoms with E-state index in [9.17, 15) is 18.8 Å². The van der Waals surface area contributed by atoms with Crippen LogP contribution in [0.1, 0.15) is 20.1 Å². The van der Waals surface area contributed by atoms with Gasteiger partial charge in [0, 0.05) is 5.92 Å². The molecule has 1 amide bonds. The highest BCUT2D eigenvalue weighted by molar-refractivity contribution is 5.91. The van der Waals surface area contributed by atoms with Gasteiger partial charge in [-0.3, -0.25) is 29.3 Å². The summed E-state index contributed by atoms with van der Waals surface area (Å²) in [7, 11) is 0. The summed E-state index contributed by atoms with van der Waals surface area (Å²) in [5.74, 6) is -1.75. The number of aromatic nitrogens is 4. The second kappa shape index (κ2) is 6.33. The molecule has 2 aromatic rings. The predicted octanol–water partition coefficient (Wildman–Crippen LogP) is -0.489. The normalized spacial score (nSPS) is 23.6. The van der Waals surface area contributed by atoms with Crippen molar-refractivity contribution in [1.29, 1.82) is 0 Å². The minimum atomic E-state index is -1.99. The first-order chi connectivity index (χ1) is 11.8. The number of alkyl halides is 1. The lowest BCUT2D eigenvalue weighted by atomic mass is 10.2. The zero-order chi connectivity index (χ0) is 18.3. The summed E-state index contributed by atoms with van der Waals surface area (Å²) in [5, 5.41) is 11.5. The van der Waals surface area contributed by atoms with Crippen molar-refractivity contribution >= 4 is 28.8 Å². The lowest BCUT2D eigenvalue weighted by molar-refractivity contribution is -0.128. The summed E-state index contributed by atoms with van der Waals surface area (Å²) in [4.78, 5) is 46.1. The molecule has 3 N–H and O–H groups in total. The molecule has 3 atom stereocenters. The number of aromatic amines is 1.